The van der Waals surface area contributed by atoms with Gasteiger partial charge in [-0.3, -0.25) is 4.79 Å². The number of amides is 1. The fraction of sp³-hybridized carbons (Fsp3) is 0.857. The molecule has 0 aromatic heterocycles. The Morgan fingerprint density at radius 2 is 1.72 bits per heavy atom. The molecule has 104 valence electrons. The first-order valence-electron chi connectivity index (χ1n) is 6.68. The van der Waals surface area contributed by atoms with Gasteiger partial charge < -0.3 is 10.1 Å². The first-order chi connectivity index (χ1) is 8.14. The molecular formula is C14H25NO3. The van der Waals surface area contributed by atoms with Gasteiger partial charge in [0.25, 0.3) is 0 Å². The fourth-order valence-corrected chi connectivity index (χ4v) is 2.20. The lowest BCUT2D eigenvalue weighted by atomic mass is 9.87. The molecule has 18 heavy (non-hydrogen) atoms. The van der Waals surface area contributed by atoms with E-state index in [9.17, 15) is 9.59 Å². The summed E-state index contributed by atoms with van der Waals surface area (Å²) in [5.74, 6) is -0.407. The molecule has 1 N–H and O–H groups in total. The molecule has 1 atom stereocenters. The molecule has 0 heterocycles. The van der Waals surface area contributed by atoms with Gasteiger partial charge in [0.05, 0.1) is 0 Å². The van der Waals surface area contributed by atoms with Crippen molar-refractivity contribution in [2.45, 2.75) is 71.9 Å². The van der Waals surface area contributed by atoms with Crippen molar-refractivity contribution in [3.63, 3.8) is 0 Å². The van der Waals surface area contributed by atoms with Gasteiger partial charge in [-0.15, -0.1) is 0 Å². The van der Waals surface area contributed by atoms with Crippen molar-refractivity contribution in [2.24, 2.45) is 5.41 Å². The van der Waals surface area contributed by atoms with Crippen LogP contribution in [0.2, 0.25) is 0 Å². The zero-order valence-corrected chi connectivity index (χ0v) is 12.1. The van der Waals surface area contributed by atoms with Gasteiger partial charge in [0, 0.05) is 5.41 Å². The zero-order chi connectivity index (χ0) is 14.0. The maximum Gasteiger partial charge on any atom is 0.328 e. The van der Waals surface area contributed by atoms with Gasteiger partial charge >= 0.3 is 5.97 Å². The number of esters is 1. The highest BCUT2D eigenvalue weighted by molar-refractivity contribution is 5.87. The number of nitrogens with one attached hydrogen (secondary N) is 1. The van der Waals surface area contributed by atoms with Gasteiger partial charge in [0.1, 0.15) is 11.6 Å². The van der Waals surface area contributed by atoms with Crippen LogP contribution < -0.4 is 5.32 Å². The second-order valence-electron chi connectivity index (χ2n) is 6.50. The third kappa shape index (κ3) is 4.00. The van der Waals surface area contributed by atoms with Crippen molar-refractivity contribution >= 4 is 11.9 Å². The van der Waals surface area contributed by atoms with E-state index in [-0.39, 0.29) is 17.3 Å². The van der Waals surface area contributed by atoms with Gasteiger partial charge in [0.2, 0.25) is 5.91 Å². The summed E-state index contributed by atoms with van der Waals surface area (Å²) in [6, 6.07) is -0.589. The SMILES string of the molecule is C[C@H](NC(=O)C1(C)CCCC1)C(=O)OC(C)(C)C. The van der Waals surface area contributed by atoms with Crippen molar-refractivity contribution in [3.05, 3.63) is 0 Å². The molecule has 1 fully saturated rings. The standard InChI is InChI=1S/C14H25NO3/c1-10(11(16)18-13(2,3)4)15-12(17)14(5)8-6-7-9-14/h10H,6-9H2,1-5H3,(H,15,17)/t10-/m0/s1. The van der Waals surface area contributed by atoms with E-state index in [1.54, 1.807) is 6.92 Å². The molecule has 0 radical (unpaired) electrons. The Kier molecular flexibility index (Phi) is 4.41. The molecule has 4 heteroatoms. The lowest BCUT2D eigenvalue weighted by molar-refractivity contribution is -0.158. The lowest BCUT2D eigenvalue weighted by Crippen LogP contribution is -2.47. The van der Waals surface area contributed by atoms with Crippen LogP contribution in [0, 0.1) is 5.41 Å². The summed E-state index contributed by atoms with van der Waals surface area (Å²) in [5, 5.41) is 2.77. The molecule has 0 bridgehead atoms. The highest BCUT2D eigenvalue weighted by Crippen LogP contribution is 2.37. The van der Waals surface area contributed by atoms with Crippen molar-refractivity contribution in [1.82, 2.24) is 5.32 Å². The minimum atomic E-state index is -0.589. The number of hydrogen-bond donors (Lipinski definition) is 1. The second-order valence-corrected chi connectivity index (χ2v) is 6.50. The monoisotopic (exact) mass is 255 g/mol. The molecule has 0 saturated heterocycles. The molecule has 0 aromatic carbocycles. The van der Waals surface area contributed by atoms with Crippen LogP contribution in [0.1, 0.15) is 60.3 Å². The molecule has 1 rings (SSSR count). The molecule has 0 spiro atoms. The maximum absolute atomic E-state index is 12.1. The highest BCUT2D eigenvalue weighted by Gasteiger charge is 2.37. The van der Waals surface area contributed by atoms with Gasteiger partial charge in [-0.25, -0.2) is 4.79 Å². The Balaban J connectivity index is 2.51. The highest BCUT2D eigenvalue weighted by atomic mass is 16.6. The predicted molar refractivity (Wildman–Crippen MR) is 70.0 cm³/mol. The number of carbonyl (C=O) groups is 2. The molecule has 1 aliphatic carbocycles. The smallest absolute Gasteiger partial charge is 0.328 e. The van der Waals surface area contributed by atoms with Crippen molar-refractivity contribution in [1.29, 1.82) is 0 Å². The minimum Gasteiger partial charge on any atom is -0.458 e. The Hall–Kier alpha value is -1.06. The first-order valence-corrected chi connectivity index (χ1v) is 6.68. The molecule has 1 amide bonds. The van der Waals surface area contributed by atoms with Crippen molar-refractivity contribution < 1.29 is 14.3 Å². The second kappa shape index (κ2) is 5.29. The third-order valence-electron chi connectivity index (χ3n) is 3.36. The van der Waals surface area contributed by atoms with E-state index < -0.39 is 11.6 Å². The lowest BCUT2D eigenvalue weighted by Gasteiger charge is -2.26. The normalized spacial score (nSPS) is 20.3. The number of rotatable bonds is 3. The van der Waals surface area contributed by atoms with Crippen molar-refractivity contribution in [3.8, 4) is 0 Å². The number of ether oxygens (including phenoxy) is 1. The summed E-state index contributed by atoms with van der Waals surface area (Å²) in [7, 11) is 0. The van der Waals surface area contributed by atoms with E-state index in [1.807, 2.05) is 27.7 Å². The topological polar surface area (TPSA) is 55.4 Å². The summed E-state index contributed by atoms with van der Waals surface area (Å²) in [4.78, 5) is 23.9. The van der Waals surface area contributed by atoms with E-state index in [4.69, 9.17) is 4.74 Å². The van der Waals surface area contributed by atoms with Crippen LogP contribution in [0.3, 0.4) is 0 Å². The third-order valence-corrected chi connectivity index (χ3v) is 3.36. The van der Waals surface area contributed by atoms with Gasteiger partial charge in [-0.05, 0) is 40.5 Å². The Bertz CT molecular complexity index is 324. The summed E-state index contributed by atoms with van der Waals surface area (Å²) < 4.78 is 5.24. The fourth-order valence-electron chi connectivity index (χ4n) is 2.20. The van der Waals surface area contributed by atoms with E-state index in [0.29, 0.717) is 0 Å². The van der Waals surface area contributed by atoms with Crippen LogP contribution in [0.25, 0.3) is 0 Å². The molecule has 1 aliphatic rings. The summed E-state index contributed by atoms with van der Waals surface area (Å²) in [5.41, 5.74) is -0.830. The zero-order valence-electron chi connectivity index (χ0n) is 12.1. The molecule has 4 nitrogen and oxygen atoms in total. The average Bonchev–Trinajstić information content (AvgIpc) is 2.63. The van der Waals surface area contributed by atoms with Crippen LogP contribution in [-0.2, 0) is 14.3 Å². The quantitative estimate of drug-likeness (QED) is 0.788. The summed E-state index contributed by atoms with van der Waals surface area (Å²) >= 11 is 0. The molecule has 1 saturated carbocycles. The Morgan fingerprint density at radius 1 is 1.22 bits per heavy atom. The predicted octanol–water partition coefficient (Wildman–Crippen LogP) is 2.41. The van der Waals surface area contributed by atoms with Gasteiger partial charge in [-0.2, -0.15) is 0 Å². The largest absolute Gasteiger partial charge is 0.458 e. The Labute approximate surface area is 109 Å². The van der Waals surface area contributed by atoms with Crippen LogP contribution >= 0.6 is 0 Å². The summed E-state index contributed by atoms with van der Waals surface area (Å²) in [6.07, 6.45) is 3.98. The average molecular weight is 255 g/mol. The maximum atomic E-state index is 12.1. The Morgan fingerprint density at radius 3 is 2.17 bits per heavy atom. The summed E-state index contributed by atoms with van der Waals surface area (Å²) in [6.45, 7) is 9.09. The van der Waals surface area contributed by atoms with E-state index in [2.05, 4.69) is 5.32 Å². The van der Waals surface area contributed by atoms with Crippen LogP contribution in [-0.4, -0.2) is 23.5 Å². The number of carbonyl (C=O) groups excluding carboxylic acids is 2. The molecular weight excluding hydrogens is 230 g/mol. The molecule has 0 aromatic rings. The minimum absolute atomic E-state index is 0.0293. The van der Waals surface area contributed by atoms with Crippen LogP contribution in [0.4, 0.5) is 0 Å². The first kappa shape index (κ1) is 15.0. The van der Waals surface area contributed by atoms with Crippen LogP contribution in [0.15, 0.2) is 0 Å². The van der Waals surface area contributed by atoms with Crippen LogP contribution in [0.5, 0.6) is 0 Å². The van der Waals surface area contributed by atoms with Gasteiger partial charge in [-0.1, -0.05) is 19.8 Å². The van der Waals surface area contributed by atoms with Crippen molar-refractivity contribution in [2.75, 3.05) is 0 Å². The van der Waals surface area contributed by atoms with E-state index >= 15 is 0 Å². The molecule has 0 aliphatic heterocycles. The molecule has 0 unspecified atom stereocenters. The van der Waals surface area contributed by atoms with E-state index in [1.165, 1.54) is 0 Å². The van der Waals surface area contributed by atoms with Gasteiger partial charge in [0.15, 0.2) is 0 Å². The number of hydrogen-bond acceptors (Lipinski definition) is 3. The van der Waals surface area contributed by atoms with E-state index in [0.717, 1.165) is 25.7 Å².